The first-order chi connectivity index (χ1) is 9.95. The van der Waals surface area contributed by atoms with E-state index in [0.29, 0.717) is 22.8 Å². The highest BCUT2D eigenvalue weighted by molar-refractivity contribution is 9.09. The lowest BCUT2D eigenvalue weighted by Crippen LogP contribution is -2.12. The minimum Gasteiger partial charge on any atom is -0.493 e. The summed E-state index contributed by atoms with van der Waals surface area (Å²) in [6, 6.07) is 4.91. The largest absolute Gasteiger partial charge is 0.493 e. The standard InChI is InChI=1S/C14H16BrClO5/c1-2-20-14(19)13(15)10-6-5-9(16)8-11(10)21-7-3-4-12(17)18/h5-6,8,13H,2-4,7H2,1H3,(H,17,18). The summed E-state index contributed by atoms with van der Waals surface area (Å²) >= 11 is 9.19. The van der Waals surface area contributed by atoms with Crippen LogP contribution in [0.2, 0.25) is 5.02 Å². The number of halogens is 2. The van der Waals surface area contributed by atoms with Gasteiger partial charge in [-0.1, -0.05) is 33.6 Å². The van der Waals surface area contributed by atoms with Gasteiger partial charge in [0.15, 0.2) is 0 Å². The minimum absolute atomic E-state index is 0.0194. The molecule has 0 saturated carbocycles. The zero-order valence-corrected chi connectivity index (χ0v) is 13.8. The highest BCUT2D eigenvalue weighted by Crippen LogP contribution is 2.34. The molecule has 1 aromatic carbocycles. The molecule has 0 fully saturated rings. The first kappa shape index (κ1) is 17.8. The van der Waals surface area contributed by atoms with Gasteiger partial charge in [0.05, 0.1) is 13.2 Å². The zero-order chi connectivity index (χ0) is 15.8. The lowest BCUT2D eigenvalue weighted by atomic mass is 10.1. The average Bonchev–Trinajstić information content (AvgIpc) is 2.43. The topological polar surface area (TPSA) is 72.8 Å². The molecule has 0 saturated heterocycles. The van der Waals surface area contributed by atoms with Crippen molar-refractivity contribution in [3.63, 3.8) is 0 Å². The number of carboxylic acids is 1. The third-order valence-corrected chi connectivity index (χ3v) is 3.64. The predicted octanol–water partition coefficient (Wildman–Crippen LogP) is 3.58. The quantitative estimate of drug-likeness (QED) is 0.424. The fraction of sp³-hybridized carbons (Fsp3) is 0.429. The Balaban J connectivity index is 2.79. The van der Waals surface area contributed by atoms with E-state index < -0.39 is 16.8 Å². The van der Waals surface area contributed by atoms with Crippen molar-refractivity contribution in [1.29, 1.82) is 0 Å². The summed E-state index contributed by atoms with van der Waals surface area (Å²) in [6.45, 7) is 2.23. The fourth-order valence-corrected chi connectivity index (χ4v) is 2.26. The molecule has 0 aliphatic carbocycles. The van der Waals surface area contributed by atoms with Gasteiger partial charge in [0, 0.05) is 17.0 Å². The lowest BCUT2D eigenvalue weighted by Gasteiger charge is -2.15. The molecule has 116 valence electrons. The third kappa shape index (κ3) is 5.93. The maximum absolute atomic E-state index is 11.8. The summed E-state index contributed by atoms with van der Waals surface area (Å²) in [4.78, 5) is 21.6. The molecule has 0 aromatic heterocycles. The van der Waals surface area contributed by atoms with Crippen molar-refractivity contribution in [3.8, 4) is 5.75 Å². The zero-order valence-electron chi connectivity index (χ0n) is 11.5. The van der Waals surface area contributed by atoms with E-state index in [1.54, 1.807) is 25.1 Å². The molecule has 0 heterocycles. The van der Waals surface area contributed by atoms with Crippen molar-refractivity contribution in [2.45, 2.75) is 24.6 Å². The molecule has 1 rings (SSSR count). The van der Waals surface area contributed by atoms with Crippen molar-refractivity contribution in [3.05, 3.63) is 28.8 Å². The van der Waals surface area contributed by atoms with Crippen LogP contribution in [0.25, 0.3) is 0 Å². The van der Waals surface area contributed by atoms with E-state index in [4.69, 9.17) is 26.2 Å². The van der Waals surface area contributed by atoms with Crippen LogP contribution >= 0.6 is 27.5 Å². The van der Waals surface area contributed by atoms with Gasteiger partial charge in [-0.05, 0) is 25.5 Å². The van der Waals surface area contributed by atoms with E-state index in [1.807, 2.05) is 0 Å². The van der Waals surface area contributed by atoms with Crippen molar-refractivity contribution < 1.29 is 24.2 Å². The summed E-state index contributed by atoms with van der Waals surface area (Å²) < 4.78 is 10.5. The molecule has 5 nitrogen and oxygen atoms in total. The van der Waals surface area contributed by atoms with Gasteiger partial charge in [-0.2, -0.15) is 0 Å². The second-order valence-corrected chi connectivity index (χ2v) is 5.49. The maximum Gasteiger partial charge on any atom is 0.324 e. The molecule has 0 bridgehead atoms. The monoisotopic (exact) mass is 378 g/mol. The molecule has 1 N–H and O–H groups in total. The van der Waals surface area contributed by atoms with Gasteiger partial charge in [-0.15, -0.1) is 0 Å². The van der Waals surface area contributed by atoms with Gasteiger partial charge in [-0.25, -0.2) is 0 Å². The summed E-state index contributed by atoms with van der Waals surface area (Å²) in [7, 11) is 0. The number of hydrogen-bond acceptors (Lipinski definition) is 4. The minimum atomic E-state index is -0.880. The van der Waals surface area contributed by atoms with Crippen LogP contribution in [-0.4, -0.2) is 30.3 Å². The Morgan fingerprint density at radius 3 is 2.76 bits per heavy atom. The SMILES string of the molecule is CCOC(=O)C(Br)c1ccc(Cl)cc1OCCCC(=O)O. The highest BCUT2D eigenvalue weighted by atomic mass is 79.9. The Hall–Kier alpha value is -1.27. The highest BCUT2D eigenvalue weighted by Gasteiger charge is 2.22. The number of esters is 1. The third-order valence-electron chi connectivity index (χ3n) is 2.53. The Bertz CT molecular complexity index is 506. The number of benzene rings is 1. The molecule has 21 heavy (non-hydrogen) atoms. The molecule has 0 amide bonds. The van der Waals surface area contributed by atoms with Crippen LogP contribution in [0.15, 0.2) is 18.2 Å². The van der Waals surface area contributed by atoms with E-state index in [1.165, 1.54) is 0 Å². The molecule has 7 heteroatoms. The van der Waals surface area contributed by atoms with Crippen LogP contribution in [0, 0.1) is 0 Å². The van der Waals surface area contributed by atoms with Crippen molar-refractivity contribution in [1.82, 2.24) is 0 Å². The summed E-state index contributed by atoms with van der Waals surface area (Å²) in [5.41, 5.74) is 0.591. The number of hydrogen-bond donors (Lipinski definition) is 1. The Kier molecular flexibility index (Phi) is 7.53. The van der Waals surface area contributed by atoms with Gasteiger partial charge in [0.2, 0.25) is 0 Å². The van der Waals surface area contributed by atoms with Gasteiger partial charge >= 0.3 is 11.9 Å². The first-order valence-electron chi connectivity index (χ1n) is 6.40. The van der Waals surface area contributed by atoms with E-state index in [9.17, 15) is 9.59 Å². The molecule has 0 aliphatic rings. The molecular formula is C14H16BrClO5. The smallest absolute Gasteiger partial charge is 0.324 e. The van der Waals surface area contributed by atoms with E-state index in [2.05, 4.69) is 15.9 Å². The second kappa shape index (κ2) is 8.89. The summed E-state index contributed by atoms with van der Waals surface area (Å²) in [5.74, 6) is -0.868. The molecule has 1 atom stereocenters. The Labute approximate surface area is 136 Å². The van der Waals surface area contributed by atoms with Crippen LogP contribution in [0.1, 0.15) is 30.2 Å². The molecule has 0 radical (unpaired) electrons. The van der Waals surface area contributed by atoms with Crippen LogP contribution in [0.3, 0.4) is 0 Å². The number of carbonyl (C=O) groups is 2. The van der Waals surface area contributed by atoms with Gasteiger partial charge in [-0.3, -0.25) is 9.59 Å². The number of aliphatic carboxylic acids is 1. The number of alkyl halides is 1. The lowest BCUT2D eigenvalue weighted by molar-refractivity contribution is -0.142. The molecule has 1 unspecified atom stereocenters. The summed E-state index contributed by atoms with van der Waals surface area (Å²) in [5, 5.41) is 9.05. The van der Waals surface area contributed by atoms with Crippen LogP contribution in [0.5, 0.6) is 5.75 Å². The van der Waals surface area contributed by atoms with Crippen LogP contribution in [-0.2, 0) is 14.3 Å². The average molecular weight is 380 g/mol. The Morgan fingerprint density at radius 1 is 1.43 bits per heavy atom. The number of ether oxygens (including phenoxy) is 2. The van der Waals surface area contributed by atoms with Gasteiger partial charge < -0.3 is 14.6 Å². The van der Waals surface area contributed by atoms with E-state index >= 15 is 0 Å². The number of rotatable bonds is 8. The summed E-state index contributed by atoms with van der Waals surface area (Å²) in [6.07, 6.45) is 0.388. The molecular weight excluding hydrogens is 364 g/mol. The first-order valence-corrected chi connectivity index (χ1v) is 7.69. The van der Waals surface area contributed by atoms with Crippen molar-refractivity contribution in [2.24, 2.45) is 0 Å². The Morgan fingerprint density at radius 2 is 2.14 bits per heavy atom. The normalized spacial score (nSPS) is 11.8. The van der Waals surface area contributed by atoms with E-state index in [0.717, 1.165) is 0 Å². The van der Waals surface area contributed by atoms with Gasteiger partial charge in [0.25, 0.3) is 0 Å². The van der Waals surface area contributed by atoms with Crippen molar-refractivity contribution >= 4 is 39.5 Å². The number of carboxylic acid groups (broad SMARTS) is 1. The molecule has 1 aromatic rings. The predicted molar refractivity (Wildman–Crippen MR) is 82.1 cm³/mol. The van der Waals surface area contributed by atoms with Crippen LogP contribution < -0.4 is 4.74 Å². The van der Waals surface area contributed by atoms with Crippen LogP contribution in [0.4, 0.5) is 0 Å². The number of carbonyl (C=O) groups excluding carboxylic acids is 1. The molecule has 0 spiro atoms. The van der Waals surface area contributed by atoms with Gasteiger partial charge in [0.1, 0.15) is 10.6 Å². The second-order valence-electron chi connectivity index (χ2n) is 4.14. The fourth-order valence-electron chi connectivity index (χ4n) is 1.59. The van der Waals surface area contributed by atoms with Crippen molar-refractivity contribution in [2.75, 3.05) is 13.2 Å². The van der Waals surface area contributed by atoms with E-state index in [-0.39, 0.29) is 19.6 Å². The molecule has 0 aliphatic heterocycles. The maximum atomic E-state index is 11.8.